The van der Waals surface area contributed by atoms with Crippen LogP contribution in [0.4, 0.5) is 4.39 Å². The molecule has 0 amide bonds. The SMILES string of the molecule is O=C(O)c1ccc(F)cc1CN1Cc2ccccc2C1. The molecule has 1 aliphatic rings. The summed E-state index contributed by atoms with van der Waals surface area (Å²) < 4.78 is 13.3. The smallest absolute Gasteiger partial charge is 0.336 e. The largest absolute Gasteiger partial charge is 0.478 e. The van der Waals surface area contributed by atoms with E-state index in [9.17, 15) is 9.18 Å². The van der Waals surface area contributed by atoms with E-state index in [1.807, 2.05) is 12.1 Å². The summed E-state index contributed by atoms with van der Waals surface area (Å²) >= 11 is 0. The lowest BCUT2D eigenvalue weighted by Crippen LogP contribution is -2.18. The second kappa shape index (κ2) is 5.06. The molecule has 0 atom stereocenters. The standard InChI is InChI=1S/C16H14FNO2/c17-14-5-6-15(16(19)20)13(7-14)10-18-8-11-3-1-2-4-12(11)9-18/h1-7H,8-10H2,(H,19,20). The minimum Gasteiger partial charge on any atom is -0.478 e. The highest BCUT2D eigenvalue weighted by molar-refractivity contribution is 5.89. The van der Waals surface area contributed by atoms with Gasteiger partial charge in [0.05, 0.1) is 5.56 Å². The Kier molecular flexibility index (Phi) is 3.24. The van der Waals surface area contributed by atoms with Gasteiger partial charge in [0.25, 0.3) is 0 Å². The molecule has 1 heterocycles. The summed E-state index contributed by atoms with van der Waals surface area (Å²) in [6.07, 6.45) is 0. The van der Waals surface area contributed by atoms with Crippen molar-refractivity contribution >= 4 is 5.97 Å². The summed E-state index contributed by atoms with van der Waals surface area (Å²) in [5.74, 6) is -1.42. The number of carboxylic acid groups (broad SMARTS) is 1. The number of carboxylic acids is 1. The van der Waals surface area contributed by atoms with Crippen molar-refractivity contribution in [3.8, 4) is 0 Å². The van der Waals surface area contributed by atoms with Crippen LogP contribution in [-0.2, 0) is 19.6 Å². The average molecular weight is 271 g/mol. The first kappa shape index (κ1) is 12.8. The zero-order valence-corrected chi connectivity index (χ0v) is 10.8. The van der Waals surface area contributed by atoms with Crippen LogP contribution in [0.15, 0.2) is 42.5 Å². The monoisotopic (exact) mass is 271 g/mol. The normalized spacial score (nSPS) is 14.2. The maximum absolute atomic E-state index is 13.3. The molecule has 3 nitrogen and oxygen atoms in total. The Morgan fingerprint density at radius 1 is 1.15 bits per heavy atom. The molecule has 0 spiro atoms. The number of rotatable bonds is 3. The third-order valence-corrected chi connectivity index (χ3v) is 3.60. The lowest BCUT2D eigenvalue weighted by atomic mass is 10.1. The predicted molar refractivity (Wildman–Crippen MR) is 72.8 cm³/mol. The van der Waals surface area contributed by atoms with Crippen LogP contribution in [-0.4, -0.2) is 16.0 Å². The fourth-order valence-electron chi connectivity index (χ4n) is 2.66. The lowest BCUT2D eigenvalue weighted by molar-refractivity contribution is 0.0694. The predicted octanol–water partition coefficient (Wildman–Crippen LogP) is 3.04. The highest BCUT2D eigenvalue weighted by atomic mass is 19.1. The van der Waals surface area contributed by atoms with Crippen molar-refractivity contribution in [1.29, 1.82) is 0 Å². The van der Waals surface area contributed by atoms with E-state index in [1.165, 1.54) is 29.3 Å². The van der Waals surface area contributed by atoms with E-state index in [2.05, 4.69) is 17.0 Å². The Bertz CT molecular complexity index is 644. The second-order valence-electron chi connectivity index (χ2n) is 5.02. The van der Waals surface area contributed by atoms with Gasteiger partial charge in [-0.15, -0.1) is 0 Å². The summed E-state index contributed by atoms with van der Waals surface area (Å²) in [7, 11) is 0. The zero-order valence-electron chi connectivity index (χ0n) is 10.8. The average Bonchev–Trinajstić information content (AvgIpc) is 2.80. The van der Waals surface area contributed by atoms with E-state index in [0.717, 1.165) is 13.1 Å². The number of benzene rings is 2. The second-order valence-corrected chi connectivity index (χ2v) is 5.02. The van der Waals surface area contributed by atoms with Crippen molar-refractivity contribution in [3.63, 3.8) is 0 Å². The van der Waals surface area contributed by atoms with Gasteiger partial charge in [0.2, 0.25) is 0 Å². The summed E-state index contributed by atoms with van der Waals surface area (Å²) in [6.45, 7) is 1.98. The minimum absolute atomic E-state index is 0.169. The fourth-order valence-corrected chi connectivity index (χ4v) is 2.66. The third-order valence-electron chi connectivity index (χ3n) is 3.60. The summed E-state index contributed by atoms with van der Waals surface area (Å²) in [6, 6.07) is 12.0. The molecule has 102 valence electrons. The maximum Gasteiger partial charge on any atom is 0.336 e. The molecule has 0 fully saturated rings. The van der Waals surface area contributed by atoms with E-state index >= 15 is 0 Å². The number of hydrogen-bond donors (Lipinski definition) is 1. The number of halogens is 1. The first-order valence-corrected chi connectivity index (χ1v) is 6.44. The van der Waals surface area contributed by atoms with Crippen molar-refractivity contribution in [3.05, 3.63) is 70.5 Å². The van der Waals surface area contributed by atoms with Gasteiger partial charge in [-0.25, -0.2) is 9.18 Å². The van der Waals surface area contributed by atoms with Crippen LogP contribution >= 0.6 is 0 Å². The molecule has 1 aliphatic heterocycles. The van der Waals surface area contributed by atoms with Gasteiger partial charge in [-0.3, -0.25) is 4.90 Å². The third kappa shape index (κ3) is 2.42. The topological polar surface area (TPSA) is 40.5 Å². The van der Waals surface area contributed by atoms with E-state index in [1.54, 1.807) is 0 Å². The first-order chi connectivity index (χ1) is 9.63. The van der Waals surface area contributed by atoms with E-state index in [0.29, 0.717) is 12.1 Å². The molecular weight excluding hydrogens is 257 g/mol. The van der Waals surface area contributed by atoms with E-state index < -0.39 is 11.8 Å². The molecule has 2 aromatic rings. The molecule has 0 bridgehead atoms. The molecule has 0 unspecified atom stereocenters. The van der Waals surface area contributed by atoms with Crippen LogP contribution in [0.5, 0.6) is 0 Å². The Morgan fingerprint density at radius 2 is 1.80 bits per heavy atom. The van der Waals surface area contributed by atoms with Crippen LogP contribution in [0, 0.1) is 5.82 Å². The van der Waals surface area contributed by atoms with Gasteiger partial charge in [-0.05, 0) is 34.9 Å². The van der Waals surface area contributed by atoms with E-state index in [4.69, 9.17) is 5.11 Å². The number of hydrogen-bond acceptors (Lipinski definition) is 2. The van der Waals surface area contributed by atoms with Gasteiger partial charge in [0.15, 0.2) is 0 Å². The molecule has 4 heteroatoms. The Hall–Kier alpha value is -2.20. The molecule has 3 rings (SSSR count). The maximum atomic E-state index is 13.3. The van der Waals surface area contributed by atoms with Crippen LogP contribution in [0.25, 0.3) is 0 Å². The van der Waals surface area contributed by atoms with Crippen molar-refractivity contribution < 1.29 is 14.3 Å². The molecule has 0 saturated heterocycles. The van der Waals surface area contributed by atoms with E-state index in [-0.39, 0.29) is 5.56 Å². The molecule has 1 N–H and O–H groups in total. The highest BCUT2D eigenvalue weighted by Crippen LogP contribution is 2.25. The summed E-state index contributed by atoms with van der Waals surface area (Å²) in [5.41, 5.74) is 3.19. The fraction of sp³-hybridized carbons (Fsp3) is 0.188. The van der Waals surface area contributed by atoms with Gasteiger partial charge < -0.3 is 5.11 Å². The molecular formula is C16H14FNO2. The molecule has 0 radical (unpaired) electrons. The van der Waals surface area contributed by atoms with Crippen molar-refractivity contribution in [2.24, 2.45) is 0 Å². The van der Waals surface area contributed by atoms with Crippen LogP contribution < -0.4 is 0 Å². The van der Waals surface area contributed by atoms with Gasteiger partial charge >= 0.3 is 5.97 Å². The van der Waals surface area contributed by atoms with Crippen LogP contribution in [0.1, 0.15) is 27.0 Å². The molecule has 0 aliphatic carbocycles. The van der Waals surface area contributed by atoms with Crippen molar-refractivity contribution in [2.75, 3.05) is 0 Å². The quantitative estimate of drug-likeness (QED) is 0.932. The molecule has 0 aromatic heterocycles. The zero-order chi connectivity index (χ0) is 14.1. The summed E-state index contributed by atoms with van der Waals surface area (Å²) in [5, 5.41) is 9.16. The highest BCUT2D eigenvalue weighted by Gasteiger charge is 2.20. The van der Waals surface area contributed by atoms with Crippen molar-refractivity contribution in [1.82, 2.24) is 4.90 Å². The number of carbonyl (C=O) groups is 1. The van der Waals surface area contributed by atoms with Gasteiger partial charge in [0.1, 0.15) is 5.82 Å². The van der Waals surface area contributed by atoms with Gasteiger partial charge in [-0.2, -0.15) is 0 Å². The minimum atomic E-state index is -1.02. The van der Waals surface area contributed by atoms with Gasteiger partial charge in [-0.1, -0.05) is 24.3 Å². The summed E-state index contributed by atoms with van der Waals surface area (Å²) in [4.78, 5) is 13.3. The Labute approximate surface area is 116 Å². The molecule has 20 heavy (non-hydrogen) atoms. The number of nitrogens with zero attached hydrogens (tertiary/aromatic N) is 1. The Balaban J connectivity index is 1.83. The van der Waals surface area contributed by atoms with Crippen LogP contribution in [0.2, 0.25) is 0 Å². The number of fused-ring (bicyclic) bond motifs is 1. The Morgan fingerprint density at radius 3 is 2.40 bits per heavy atom. The molecule has 0 saturated carbocycles. The first-order valence-electron chi connectivity index (χ1n) is 6.44. The van der Waals surface area contributed by atoms with Gasteiger partial charge in [0, 0.05) is 19.6 Å². The van der Waals surface area contributed by atoms with Crippen molar-refractivity contribution in [2.45, 2.75) is 19.6 Å². The van der Waals surface area contributed by atoms with Crippen LogP contribution in [0.3, 0.4) is 0 Å². The lowest BCUT2D eigenvalue weighted by Gasteiger charge is -2.16. The molecule has 2 aromatic carbocycles. The number of aromatic carboxylic acids is 1.